The third-order valence-electron chi connectivity index (χ3n) is 3.01. The maximum Gasteiger partial charge on any atom is 0.108 e. The van der Waals surface area contributed by atoms with Gasteiger partial charge in [-0.1, -0.05) is 20.8 Å². The summed E-state index contributed by atoms with van der Waals surface area (Å²) in [5.74, 6) is 1.87. The smallest absolute Gasteiger partial charge is 0.108 e. The lowest BCUT2D eigenvalue weighted by Crippen LogP contribution is -2.18. The van der Waals surface area contributed by atoms with Gasteiger partial charge in [0, 0.05) is 35.1 Å². The summed E-state index contributed by atoms with van der Waals surface area (Å²) < 4.78 is 2.23. The van der Waals surface area contributed by atoms with Crippen LogP contribution in [-0.2, 0) is 19.5 Å². The van der Waals surface area contributed by atoms with Crippen LogP contribution in [0.25, 0.3) is 0 Å². The van der Waals surface area contributed by atoms with Gasteiger partial charge < -0.3 is 9.88 Å². The standard InChI is InChI=1S/C15H23N3S/c1-4-15-17-7-8-18(15)11-14-6-5-13(19-14)10-16-9-12(2)3/h5-8,12,16H,4,9-11H2,1-3H3. The molecule has 2 aromatic heterocycles. The van der Waals surface area contributed by atoms with Crippen molar-refractivity contribution in [2.45, 2.75) is 40.3 Å². The molecular weight excluding hydrogens is 254 g/mol. The van der Waals surface area contributed by atoms with Crippen molar-refractivity contribution in [3.63, 3.8) is 0 Å². The average Bonchev–Trinajstić information content (AvgIpc) is 2.98. The first-order valence-electron chi connectivity index (χ1n) is 6.97. The van der Waals surface area contributed by atoms with Crippen LogP contribution in [-0.4, -0.2) is 16.1 Å². The quantitative estimate of drug-likeness (QED) is 0.841. The second-order valence-corrected chi connectivity index (χ2v) is 6.47. The van der Waals surface area contributed by atoms with Gasteiger partial charge in [-0.15, -0.1) is 11.3 Å². The molecule has 0 aliphatic heterocycles. The van der Waals surface area contributed by atoms with E-state index in [0.717, 1.165) is 31.9 Å². The summed E-state index contributed by atoms with van der Waals surface area (Å²) in [4.78, 5) is 7.17. The highest BCUT2D eigenvalue weighted by molar-refractivity contribution is 7.11. The lowest BCUT2D eigenvalue weighted by molar-refractivity contribution is 0.555. The molecule has 0 aliphatic carbocycles. The molecule has 0 radical (unpaired) electrons. The van der Waals surface area contributed by atoms with E-state index < -0.39 is 0 Å². The Morgan fingerprint density at radius 1 is 1.32 bits per heavy atom. The molecule has 0 aliphatic rings. The molecule has 0 unspecified atom stereocenters. The number of nitrogens with zero attached hydrogens (tertiary/aromatic N) is 2. The molecule has 104 valence electrons. The average molecular weight is 277 g/mol. The van der Waals surface area contributed by atoms with Crippen molar-refractivity contribution in [2.24, 2.45) is 5.92 Å². The van der Waals surface area contributed by atoms with E-state index in [1.165, 1.54) is 9.75 Å². The Kier molecular flexibility index (Phi) is 5.16. The first-order chi connectivity index (χ1) is 9.19. The minimum Gasteiger partial charge on any atom is -0.330 e. The molecule has 0 fully saturated rings. The van der Waals surface area contributed by atoms with Crippen LogP contribution in [0, 0.1) is 5.92 Å². The van der Waals surface area contributed by atoms with Crippen molar-refractivity contribution < 1.29 is 0 Å². The molecule has 2 aromatic rings. The van der Waals surface area contributed by atoms with Gasteiger partial charge in [0.05, 0.1) is 6.54 Å². The summed E-state index contributed by atoms with van der Waals surface area (Å²) in [7, 11) is 0. The predicted molar refractivity (Wildman–Crippen MR) is 81.6 cm³/mol. The molecule has 0 spiro atoms. The Balaban J connectivity index is 1.90. The van der Waals surface area contributed by atoms with Crippen molar-refractivity contribution in [1.29, 1.82) is 0 Å². The molecule has 0 atom stereocenters. The Morgan fingerprint density at radius 3 is 2.84 bits per heavy atom. The van der Waals surface area contributed by atoms with E-state index in [1.54, 1.807) is 0 Å². The van der Waals surface area contributed by atoms with Crippen molar-refractivity contribution in [2.75, 3.05) is 6.54 Å². The number of hydrogen-bond acceptors (Lipinski definition) is 3. The molecule has 3 nitrogen and oxygen atoms in total. The molecule has 0 saturated carbocycles. The van der Waals surface area contributed by atoms with E-state index in [0.29, 0.717) is 5.92 Å². The number of hydrogen-bond donors (Lipinski definition) is 1. The van der Waals surface area contributed by atoms with E-state index >= 15 is 0 Å². The molecule has 0 amide bonds. The van der Waals surface area contributed by atoms with E-state index in [9.17, 15) is 0 Å². The monoisotopic (exact) mass is 277 g/mol. The Morgan fingerprint density at radius 2 is 2.11 bits per heavy atom. The summed E-state index contributed by atoms with van der Waals surface area (Å²) in [5, 5.41) is 3.49. The van der Waals surface area contributed by atoms with Crippen LogP contribution >= 0.6 is 11.3 Å². The minimum absolute atomic E-state index is 0.706. The van der Waals surface area contributed by atoms with Gasteiger partial charge >= 0.3 is 0 Å². The number of thiophene rings is 1. The number of nitrogens with one attached hydrogen (secondary N) is 1. The van der Waals surface area contributed by atoms with Gasteiger partial charge in [0.1, 0.15) is 5.82 Å². The molecule has 4 heteroatoms. The fourth-order valence-electron chi connectivity index (χ4n) is 2.05. The SMILES string of the molecule is CCc1nccn1Cc1ccc(CNCC(C)C)s1. The van der Waals surface area contributed by atoms with Crippen LogP contribution < -0.4 is 5.32 Å². The third kappa shape index (κ3) is 4.18. The largest absolute Gasteiger partial charge is 0.330 e. The molecule has 1 N–H and O–H groups in total. The van der Waals surface area contributed by atoms with Gasteiger partial charge in [0.15, 0.2) is 0 Å². The highest BCUT2D eigenvalue weighted by atomic mass is 32.1. The fourth-order valence-corrected chi connectivity index (χ4v) is 3.04. The number of rotatable bonds is 7. The molecular formula is C15H23N3S. The van der Waals surface area contributed by atoms with Gasteiger partial charge in [0.2, 0.25) is 0 Å². The van der Waals surface area contributed by atoms with Crippen molar-refractivity contribution in [3.05, 3.63) is 40.1 Å². The van der Waals surface area contributed by atoms with Crippen LogP contribution in [0.2, 0.25) is 0 Å². The van der Waals surface area contributed by atoms with Gasteiger partial charge in [-0.05, 0) is 24.6 Å². The van der Waals surface area contributed by atoms with Crippen molar-refractivity contribution >= 4 is 11.3 Å². The summed E-state index contributed by atoms with van der Waals surface area (Å²) in [6, 6.07) is 4.46. The summed E-state index contributed by atoms with van der Waals surface area (Å²) >= 11 is 1.89. The summed E-state index contributed by atoms with van der Waals surface area (Å²) in [6.45, 7) is 9.62. The topological polar surface area (TPSA) is 29.9 Å². The zero-order valence-corrected chi connectivity index (χ0v) is 12.8. The van der Waals surface area contributed by atoms with Crippen molar-refractivity contribution in [1.82, 2.24) is 14.9 Å². The van der Waals surface area contributed by atoms with Crippen LogP contribution in [0.1, 0.15) is 36.3 Å². The molecule has 19 heavy (non-hydrogen) atoms. The normalized spacial score (nSPS) is 11.4. The number of aryl methyl sites for hydroxylation is 1. The number of imidazole rings is 1. The zero-order valence-electron chi connectivity index (χ0n) is 12.0. The molecule has 2 heterocycles. The summed E-state index contributed by atoms with van der Waals surface area (Å²) in [6.07, 6.45) is 4.94. The van der Waals surface area contributed by atoms with Crippen LogP contribution in [0.4, 0.5) is 0 Å². The van der Waals surface area contributed by atoms with Crippen molar-refractivity contribution in [3.8, 4) is 0 Å². The van der Waals surface area contributed by atoms with E-state index in [-0.39, 0.29) is 0 Å². The number of aromatic nitrogens is 2. The first-order valence-corrected chi connectivity index (χ1v) is 7.79. The Bertz CT molecular complexity index is 499. The Hall–Kier alpha value is -1.13. The maximum atomic E-state index is 4.36. The van der Waals surface area contributed by atoms with Crippen LogP contribution in [0.3, 0.4) is 0 Å². The highest BCUT2D eigenvalue weighted by Gasteiger charge is 2.04. The maximum absolute atomic E-state index is 4.36. The molecule has 0 aromatic carbocycles. The van der Waals surface area contributed by atoms with Crippen LogP contribution in [0.5, 0.6) is 0 Å². The molecule has 0 saturated heterocycles. The lowest BCUT2D eigenvalue weighted by Gasteiger charge is -2.05. The second-order valence-electron chi connectivity index (χ2n) is 5.22. The highest BCUT2D eigenvalue weighted by Crippen LogP contribution is 2.18. The predicted octanol–water partition coefficient (Wildman–Crippen LogP) is 3.30. The Labute approximate surface area is 119 Å². The third-order valence-corrected chi connectivity index (χ3v) is 4.08. The fraction of sp³-hybridized carbons (Fsp3) is 0.533. The van der Waals surface area contributed by atoms with Crippen LogP contribution in [0.15, 0.2) is 24.5 Å². The van der Waals surface area contributed by atoms with E-state index in [4.69, 9.17) is 0 Å². The van der Waals surface area contributed by atoms with Gasteiger partial charge in [-0.3, -0.25) is 0 Å². The molecule has 0 bridgehead atoms. The first kappa shape index (κ1) is 14.3. The zero-order chi connectivity index (χ0) is 13.7. The van der Waals surface area contributed by atoms with Gasteiger partial charge in [-0.25, -0.2) is 4.98 Å². The van der Waals surface area contributed by atoms with E-state index in [2.05, 4.69) is 54.0 Å². The van der Waals surface area contributed by atoms with E-state index in [1.807, 2.05) is 17.5 Å². The lowest BCUT2D eigenvalue weighted by atomic mass is 10.2. The minimum atomic E-state index is 0.706. The summed E-state index contributed by atoms with van der Waals surface area (Å²) in [5.41, 5.74) is 0. The van der Waals surface area contributed by atoms with Gasteiger partial charge in [-0.2, -0.15) is 0 Å². The second kappa shape index (κ2) is 6.87. The molecule has 2 rings (SSSR count). The van der Waals surface area contributed by atoms with Gasteiger partial charge in [0.25, 0.3) is 0 Å².